The summed E-state index contributed by atoms with van der Waals surface area (Å²) in [5.74, 6) is -1.44. The largest absolute Gasteiger partial charge is 0.494 e. The number of nitrogens with zero attached hydrogens (tertiary/aromatic N) is 1. The molecule has 1 heterocycles. The van der Waals surface area contributed by atoms with Crippen LogP contribution in [-0.2, 0) is 6.54 Å². The van der Waals surface area contributed by atoms with Crippen LogP contribution in [0.4, 0.5) is 0 Å². The van der Waals surface area contributed by atoms with Gasteiger partial charge in [-0.3, -0.25) is 19.1 Å². The molecule has 16 heavy (non-hydrogen) atoms. The summed E-state index contributed by atoms with van der Waals surface area (Å²) in [5, 5.41) is 11.8. The normalized spacial score (nSPS) is 9.81. The average molecular weight is 225 g/mol. The third-order valence-corrected chi connectivity index (χ3v) is 1.94. The molecule has 1 aromatic heterocycles. The van der Waals surface area contributed by atoms with Gasteiger partial charge >= 0.3 is 5.69 Å². The fourth-order valence-corrected chi connectivity index (χ4v) is 1.19. The highest BCUT2D eigenvalue weighted by molar-refractivity contribution is 5.95. The first-order chi connectivity index (χ1) is 7.52. The predicted molar refractivity (Wildman–Crippen MR) is 56.6 cm³/mol. The monoisotopic (exact) mass is 225 g/mol. The molecule has 0 radical (unpaired) electrons. The second kappa shape index (κ2) is 4.47. The molecule has 0 spiro atoms. The molecule has 0 unspecified atom stereocenters. The molecule has 3 N–H and O–H groups in total. The predicted octanol–water partition coefficient (Wildman–Crippen LogP) is -1.21. The number of carbonyl (C=O) groups is 1. The van der Waals surface area contributed by atoms with Crippen molar-refractivity contribution >= 4 is 5.91 Å². The maximum Gasteiger partial charge on any atom is 0.331 e. The van der Waals surface area contributed by atoms with Gasteiger partial charge < -0.3 is 10.4 Å². The number of hydrogen-bond donors (Lipinski definition) is 3. The highest BCUT2D eigenvalue weighted by atomic mass is 16.3. The molecule has 0 fully saturated rings. The average Bonchev–Trinajstić information content (AvgIpc) is 2.23. The fraction of sp³-hybridized carbons (Fsp3) is 0.222. The van der Waals surface area contributed by atoms with Crippen molar-refractivity contribution in [2.75, 3.05) is 7.05 Å². The quantitative estimate of drug-likeness (QED) is 0.561. The van der Waals surface area contributed by atoms with Crippen molar-refractivity contribution in [3.63, 3.8) is 0 Å². The second-order valence-electron chi connectivity index (χ2n) is 2.94. The summed E-state index contributed by atoms with van der Waals surface area (Å²) in [7, 11) is 1.31. The van der Waals surface area contributed by atoms with Crippen LogP contribution >= 0.6 is 0 Å². The molecule has 0 aliphatic rings. The Labute approximate surface area is 90.0 Å². The Morgan fingerprint density at radius 3 is 2.75 bits per heavy atom. The number of hydrogen-bond acceptors (Lipinski definition) is 4. The van der Waals surface area contributed by atoms with Crippen LogP contribution in [0.1, 0.15) is 10.4 Å². The van der Waals surface area contributed by atoms with E-state index in [0.717, 1.165) is 4.57 Å². The van der Waals surface area contributed by atoms with Gasteiger partial charge in [-0.25, -0.2) is 4.79 Å². The van der Waals surface area contributed by atoms with Gasteiger partial charge in [0.1, 0.15) is 0 Å². The van der Waals surface area contributed by atoms with Crippen molar-refractivity contribution < 1.29 is 9.90 Å². The molecule has 7 nitrogen and oxygen atoms in total. The van der Waals surface area contributed by atoms with Crippen LogP contribution in [0.2, 0.25) is 0 Å². The molecule has 7 heteroatoms. The van der Waals surface area contributed by atoms with Gasteiger partial charge in [-0.15, -0.1) is 6.58 Å². The van der Waals surface area contributed by atoms with E-state index in [4.69, 9.17) is 0 Å². The lowest BCUT2D eigenvalue weighted by Crippen LogP contribution is -2.36. The molecular weight excluding hydrogens is 214 g/mol. The number of amides is 1. The Kier molecular flexibility index (Phi) is 3.29. The fourth-order valence-electron chi connectivity index (χ4n) is 1.19. The van der Waals surface area contributed by atoms with Crippen LogP contribution in [0, 0.1) is 0 Å². The molecule has 0 bridgehead atoms. The Bertz CT molecular complexity index is 541. The smallest absolute Gasteiger partial charge is 0.331 e. The number of rotatable bonds is 3. The van der Waals surface area contributed by atoms with Gasteiger partial charge in [0.05, 0.1) is 0 Å². The SMILES string of the molecule is C=CCn1c(O)c(C(=O)NC)c(=O)[nH]c1=O. The summed E-state index contributed by atoms with van der Waals surface area (Å²) in [5.41, 5.74) is -2.22. The number of carbonyl (C=O) groups excluding carboxylic acids is 1. The van der Waals surface area contributed by atoms with Crippen LogP contribution in [0.15, 0.2) is 22.2 Å². The van der Waals surface area contributed by atoms with Gasteiger partial charge in [-0.2, -0.15) is 0 Å². The van der Waals surface area contributed by atoms with E-state index in [1.165, 1.54) is 13.1 Å². The Hall–Kier alpha value is -2.31. The van der Waals surface area contributed by atoms with Crippen molar-refractivity contribution in [2.24, 2.45) is 0 Å². The molecule has 0 atom stereocenters. The van der Waals surface area contributed by atoms with Gasteiger partial charge in [0, 0.05) is 13.6 Å². The Morgan fingerprint density at radius 2 is 2.25 bits per heavy atom. The Balaban J connectivity index is 3.57. The second-order valence-corrected chi connectivity index (χ2v) is 2.94. The summed E-state index contributed by atoms with van der Waals surface area (Å²) in [6.07, 6.45) is 1.35. The summed E-state index contributed by atoms with van der Waals surface area (Å²) in [6, 6.07) is 0. The molecule has 0 aromatic carbocycles. The van der Waals surface area contributed by atoms with Crippen molar-refractivity contribution in [3.05, 3.63) is 39.1 Å². The summed E-state index contributed by atoms with van der Waals surface area (Å²) >= 11 is 0. The summed E-state index contributed by atoms with van der Waals surface area (Å²) in [6.45, 7) is 3.38. The number of aromatic amines is 1. The topological polar surface area (TPSA) is 104 Å². The van der Waals surface area contributed by atoms with Gasteiger partial charge in [-0.1, -0.05) is 6.08 Å². The molecule has 1 aromatic rings. The van der Waals surface area contributed by atoms with E-state index < -0.39 is 28.6 Å². The van der Waals surface area contributed by atoms with Crippen LogP contribution in [0.5, 0.6) is 5.88 Å². The van der Waals surface area contributed by atoms with Crippen LogP contribution in [-0.4, -0.2) is 27.6 Å². The minimum absolute atomic E-state index is 0.00849. The Morgan fingerprint density at radius 1 is 1.62 bits per heavy atom. The minimum Gasteiger partial charge on any atom is -0.494 e. The van der Waals surface area contributed by atoms with E-state index in [-0.39, 0.29) is 6.54 Å². The third kappa shape index (κ3) is 1.88. The number of nitrogens with one attached hydrogen (secondary N) is 2. The van der Waals surface area contributed by atoms with E-state index in [2.05, 4.69) is 11.9 Å². The minimum atomic E-state index is -0.929. The first-order valence-corrected chi connectivity index (χ1v) is 4.42. The zero-order valence-electron chi connectivity index (χ0n) is 8.61. The van der Waals surface area contributed by atoms with Crippen molar-refractivity contribution in [1.29, 1.82) is 0 Å². The third-order valence-electron chi connectivity index (χ3n) is 1.94. The summed E-state index contributed by atoms with van der Waals surface area (Å²) in [4.78, 5) is 35.8. The zero-order chi connectivity index (χ0) is 12.3. The van der Waals surface area contributed by atoms with E-state index in [9.17, 15) is 19.5 Å². The number of aromatic nitrogens is 2. The lowest BCUT2D eigenvalue weighted by atomic mass is 10.3. The molecule has 86 valence electrons. The van der Waals surface area contributed by atoms with Gasteiger partial charge in [0.2, 0.25) is 5.88 Å². The first-order valence-electron chi connectivity index (χ1n) is 4.42. The van der Waals surface area contributed by atoms with E-state index >= 15 is 0 Å². The summed E-state index contributed by atoms with van der Waals surface area (Å²) < 4.78 is 0.832. The van der Waals surface area contributed by atoms with Crippen LogP contribution < -0.4 is 16.6 Å². The molecule has 0 saturated heterocycles. The standard InChI is InChI=1S/C9H11N3O4/c1-3-4-12-8(15)5(6(13)10-2)7(14)11-9(12)16/h3,15H,1,4H2,2H3,(H,10,13)(H,11,14,16). The highest BCUT2D eigenvalue weighted by Crippen LogP contribution is 2.09. The van der Waals surface area contributed by atoms with Crippen molar-refractivity contribution in [2.45, 2.75) is 6.54 Å². The van der Waals surface area contributed by atoms with Gasteiger partial charge in [-0.05, 0) is 0 Å². The maximum atomic E-state index is 11.3. The molecular formula is C9H11N3O4. The lowest BCUT2D eigenvalue weighted by Gasteiger charge is -2.08. The van der Waals surface area contributed by atoms with Crippen LogP contribution in [0.25, 0.3) is 0 Å². The van der Waals surface area contributed by atoms with E-state index in [0.29, 0.717) is 0 Å². The van der Waals surface area contributed by atoms with E-state index in [1.54, 1.807) is 0 Å². The van der Waals surface area contributed by atoms with Gasteiger partial charge in [0.25, 0.3) is 11.5 Å². The lowest BCUT2D eigenvalue weighted by molar-refractivity contribution is 0.0957. The highest BCUT2D eigenvalue weighted by Gasteiger charge is 2.19. The van der Waals surface area contributed by atoms with Crippen molar-refractivity contribution in [1.82, 2.24) is 14.9 Å². The number of H-pyrrole nitrogens is 1. The molecule has 0 aliphatic heterocycles. The number of aromatic hydroxyl groups is 1. The molecule has 0 saturated carbocycles. The molecule has 1 amide bonds. The number of allylic oxidation sites excluding steroid dienone is 1. The van der Waals surface area contributed by atoms with Gasteiger partial charge in [0.15, 0.2) is 5.56 Å². The van der Waals surface area contributed by atoms with Crippen LogP contribution in [0.3, 0.4) is 0 Å². The van der Waals surface area contributed by atoms with E-state index in [1.807, 2.05) is 4.98 Å². The first kappa shape index (κ1) is 11.8. The molecule has 0 aliphatic carbocycles. The maximum absolute atomic E-state index is 11.3. The zero-order valence-corrected chi connectivity index (χ0v) is 8.61. The molecule has 1 rings (SSSR count). The van der Waals surface area contributed by atoms with Crippen molar-refractivity contribution in [3.8, 4) is 5.88 Å².